The number of pyridine rings is 1. The minimum Gasteiger partial charge on any atom is -0.496 e. The second-order valence-corrected chi connectivity index (χ2v) is 3.46. The molecule has 0 bridgehead atoms. The van der Waals surface area contributed by atoms with E-state index in [2.05, 4.69) is 25.7 Å². The van der Waals surface area contributed by atoms with Gasteiger partial charge in [-0.1, -0.05) is 0 Å². The van der Waals surface area contributed by atoms with Gasteiger partial charge in [0.15, 0.2) is 0 Å². The largest absolute Gasteiger partial charge is 0.496 e. The van der Waals surface area contributed by atoms with Gasteiger partial charge in [-0.3, -0.25) is 0 Å². The molecule has 1 heterocycles. The summed E-state index contributed by atoms with van der Waals surface area (Å²) in [6.45, 7) is 0. The molecule has 1 aromatic rings. The average molecular weight is 306 g/mol. The fourth-order valence-electron chi connectivity index (χ4n) is 1.04. The van der Waals surface area contributed by atoms with Crippen LogP contribution in [0, 0.1) is 0 Å². The van der Waals surface area contributed by atoms with Crippen molar-refractivity contribution in [2.45, 2.75) is 12.6 Å². The van der Waals surface area contributed by atoms with E-state index < -0.39 is 34.2 Å². The zero-order chi connectivity index (χ0) is 12.5. The summed E-state index contributed by atoms with van der Waals surface area (Å²) >= 11 is 2.50. The maximum Gasteiger partial charge on any atom is 0.422 e. The number of hydrogen-bond acceptors (Lipinski definition) is 2. The molecule has 90 valence electrons. The van der Waals surface area contributed by atoms with E-state index in [0.29, 0.717) is 6.07 Å². The summed E-state index contributed by atoms with van der Waals surface area (Å²) in [6.07, 6.45) is -7.69. The highest BCUT2D eigenvalue weighted by Crippen LogP contribution is 2.41. The first-order valence-corrected chi connectivity index (χ1v) is 4.66. The molecule has 0 N–H and O–H groups in total. The van der Waals surface area contributed by atoms with Crippen LogP contribution in [-0.4, -0.2) is 12.1 Å². The van der Waals surface area contributed by atoms with E-state index in [-0.39, 0.29) is 0 Å². The second-order valence-electron chi connectivity index (χ2n) is 2.71. The maximum absolute atomic E-state index is 12.5. The average Bonchev–Trinajstić information content (AvgIpc) is 2.14. The summed E-state index contributed by atoms with van der Waals surface area (Å²) in [5.41, 5.74) is -1.99. The Hall–Kier alpha value is -0.920. The highest BCUT2D eigenvalue weighted by molar-refractivity contribution is 9.10. The van der Waals surface area contributed by atoms with Gasteiger partial charge < -0.3 is 4.74 Å². The Balaban J connectivity index is 3.41. The van der Waals surface area contributed by atoms with Gasteiger partial charge in [-0.15, -0.1) is 0 Å². The van der Waals surface area contributed by atoms with Crippen LogP contribution in [-0.2, 0) is 6.18 Å². The second kappa shape index (κ2) is 4.52. The fourth-order valence-corrected chi connectivity index (χ4v) is 1.66. The van der Waals surface area contributed by atoms with Gasteiger partial charge in [-0.2, -0.15) is 13.2 Å². The summed E-state index contributed by atoms with van der Waals surface area (Å²) < 4.78 is 65.7. The van der Waals surface area contributed by atoms with E-state index in [4.69, 9.17) is 0 Å². The first-order chi connectivity index (χ1) is 7.27. The topological polar surface area (TPSA) is 22.1 Å². The van der Waals surface area contributed by atoms with Gasteiger partial charge in [0.1, 0.15) is 21.6 Å². The lowest BCUT2D eigenvalue weighted by Gasteiger charge is -2.14. The Labute approximate surface area is 95.6 Å². The van der Waals surface area contributed by atoms with Crippen molar-refractivity contribution >= 4 is 15.9 Å². The number of rotatable bonds is 2. The number of halogens is 6. The van der Waals surface area contributed by atoms with Gasteiger partial charge in [0.2, 0.25) is 0 Å². The van der Waals surface area contributed by atoms with Crippen LogP contribution in [0.1, 0.15) is 17.7 Å². The summed E-state index contributed by atoms with van der Waals surface area (Å²) in [5.74, 6) is -0.690. The van der Waals surface area contributed by atoms with Crippen molar-refractivity contribution < 1.29 is 26.7 Å². The Kier molecular flexibility index (Phi) is 3.72. The van der Waals surface area contributed by atoms with Crippen molar-refractivity contribution in [1.82, 2.24) is 4.98 Å². The predicted molar refractivity (Wildman–Crippen MR) is 48.4 cm³/mol. The molecule has 16 heavy (non-hydrogen) atoms. The lowest BCUT2D eigenvalue weighted by Crippen LogP contribution is -2.11. The minimum atomic E-state index is -4.72. The number of methoxy groups -OCH3 is 1. The minimum absolute atomic E-state index is 0.568. The molecule has 0 fully saturated rings. The van der Waals surface area contributed by atoms with Gasteiger partial charge in [0.25, 0.3) is 6.43 Å². The molecule has 1 aromatic heterocycles. The number of aromatic nitrogens is 1. The summed E-state index contributed by atoms with van der Waals surface area (Å²) in [7, 11) is 0.965. The van der Waals surface area contributed by atoms with E-state index in [0.717, 1.165) is 7.11 Å². The van der Waals surface area contributed by atoms with Crippen LogP contribution in [0.2, 0.25) is 0 Å². The van der Waals surface area contributed by atoms with Gasteiger partial charge in [-0.05, 0) is 15.9 Å². The third-order valence-electron chi connectivity index (χ3n) is 1.69. The number of nitrogens with zero attached hydrogens (tertiary/aromatic N) is 1. The molecule has 8 heteroatoms. The standard InChI is InChI=1S/C8H5BrF5NO/c1-16-4-2-3(7(10)11)15-6(9)5(4)8(12,13)14/h2,7H,1H3. The lowest BCUT2D eigenvalue weighted by molar-refractivity contribution is -0.139. The van der Waals surface area contributed by atoms with Crippen LogP contribution in [0.4, 0.5) is 22.0 Å². The molecule has 0 radical (unpaired) electrons. The summed E-state index contributed by atoms with van der Waals surface area (Å²) in [5, 5.41) is 0. The molecule has 0 aliphatic heterocycles. The Morgan fingerprint density at radius 3 is 2.31 bits per heavy atom. The SMILES string of the molecule is COc1cc(C(F)F)nc(Br)c1C(F)(F)F. The number of ether oxygens (including phenoxy) is 1. The number of hydrogen-bond donors (Lipinski definition) is 0. The highest BCUT2D eigenvalue weighted by atomic mass is 79.9. The molecule has 2 nitrogen and oxygen atoms in total. The predicted octanol–water partition coefficient (Wildman–Crippen LogP) is 3.81. The summed E-state index contributed by atoms with van der Waals surface area (Å²) in [6, 6.07) is 0.568. The molecule has 0 saturated carbocycles. The van der Waals surface area contributed by atoms with Crippen LogP contribution in [0.15, 0.2) is 10.7 Å². The molecule has 0 aliphatic carbocycles. The van der Waals surface area contributed by atoms with Crippen LogP contribution >= 0.6 is 15.9 Å². The van der Waals surface area contributed by atoms with E-state index in [1.807, 2.05) is 0 Å². The van der Waals surface area contributed by atoms with E-state index in [9.17, 15) is 22.0 Å². The van der Waals surface area contributed by atoms with Crippen molar-refractivity contribution in [1.29, 1.82) is 0 Å². The van der Waals surface area contributed by atoms with Crippen molar-refractivity contribution in [3.8, 4) is 5.75 Å². The molecular weight excluding hydrogens is 301 g/mol. The molecule has 0 atom stereocenters. The van der Waals surface area contributed by atoms with Crippen molar-refractivity contribution in [2.75, 3.05) is 7.11 Å². The maximum atomic E-state index is 12.5. The van der Waals surface area contributed by atoms with E-state index in [1.54, 1.807) is 0 Å². The summed E-state index contributed by atoms with van der Waals surface area (Å²) in [4.78, 5) is 3.11. The van der Waals surface area contributed by atoms with Gasteiger partial charge >= 0.3 is 6.18 Å². The number of alkyl halides is 5. The molecule has 1 rings (SSSR count). The van der Waals surface area contributed by atoms with Gasteiger partial charge in [-0.25, -0.2) is 13.8 Å². The zero-order valence-electron chi connectivity index (χ0n) is 7.78. The molecular formula is C8H5BrF5NO. The molecule has 0 aromatic carbocycles. The van der Waals surface area contributed by atoms with Crippen molar-refractivity contribution in [3.63, 3.8) is 0 Å². The third kappa shape index (κ3) is 2.60. The highest BCUT2D eigenvalue weighted by Gasteiger charge is 2.38. The normalized spacial score (nSPS) is 12.0. The van der Waals surface area contributed by atoms with Crippen LogP contribution in [0.3, 0.4) is 0 Å². The first-order valence-electron chi connectivity index (χ1n) is 3.87. The lowest BCUT2D eigenvalue weighted by atomic mass is 10.2. The van der Waals surface area contributed by atoms with Crippen LogP contribution in [0.5, 0.6) is 5.75 Å². The van der Waals surface area contributed by atoms with Crippen molar-refractivity contribution in [2.24, 2.45) is 0 Å². The van der Waals surface area contributed by atoms with Crippen LogP contribution in [0.25, 0.3) is 0 Å². The van der Waals surface area contributed by atoms with E-state index >= 15 is 0 Å². The zero-order valence-corrected chi connectivity index (χ0v) is 9.36. The molecule has 0 amide bonds. The molecule has 0 saturated heterocycles. The smallest absolute Gasteiger partial charge is 0.422 e. The third-order valence-corrected chi connectivity index (χ3v) is 2.26. The monoisotopic (exact) mass is 305 g/mol. The molecule has 0 aliphatic rings. The van der Waals surface area contributed by atoms with E-state index in [1.165, 1.54) is 0 Å². The van der Waals surface area contributed by atoms with Crippen molar-refractivity contribution in [3.05, 3.63) is 21.9 Å². The fraction of sp³-hybridized carbons (Fsp3) is 0.375. The Morgan fingerprint density at radius 2 is 1.94 bits per heavy atom. The van der Waals surface area contributed by atoms with Gasteiger partial charge in [0.05, 0.1) is 7.11 Å². The Morgan fingerprint density at radius 1 is 1.38 bits per heavy atom. The Bertz CT molecular complexity index is 393. The first kappa shape index (κ1) is 13.1. The quantitative estimate of drug-likeness (QED) is 0.612. The molecule has 0 unspecified atom stereocenters. The molecule has 0 spiro atoms. The van der Waals surface area contributed by atoms with Crippen LogP contribution < -0.4 is 4.74 Å². The van der Waals surface area contributed by atoms with Gasteiger partial charge in [0, 0.05) is 6.07 Å².